The lowest BCUT2D eigenvalue weighted by molar-refractivity contribution is -0.142. The molecule has 2 aromatic rings. The molecule has 1 heterocycles. The number of aromatic amines is 1. The van der Waals surface area contributed by atoms with Crippen molar-refractivity contribution in [1.29, 1.82) is 0 Å². The van der Waals surface area contributed by atoms with Crippen LogP contribution in [0.1, 0.15) is 45.1 Å². The van der Waals surface area contributed by atoms with Gasteiger partial charge in [0.05, 0.1) is 6.04 Å². The van der Waals surface area contributed by atoms with Gasteiger partial charge in [-0.05, 0) is 68.2 Å². The van der Waals surface area contributed by atoms with E-state index in [0.717, 1.165) is 16.5 Å². The first kappa shape index (κ1) is 32.1. The summed E-state index contributed by atoms with van der Waals surface area (Å²) in [6.07, 6.45) is 5.70. The maximum Gasteiger partial charge on any atom is 0.326 e. The molecule has 4 atom stereocenters. The Morgan fingerprint density at radius 3 is 2.31 bits per heavy atom. The molecule has 0 spiro atoms. The molecule has 0 radical (unpaired) electrons. The predicted molar refractivity (Wildman–Crippen MR) is 154 cm³/mol. The monoisotopic (exact) mass is 562 g/mol. The normalized spacial score (nSPS) is 14.4. The molecule has 12 heteroatoms. The van der Waals surface area contributed by atoms with Gasteiger partial charge in [0, 0.05) is 17.1 Å². The molecule has 0 saturated carbocycles. The molecule has 9 N–H and O–H groups in total. The van der Waals surface area contributed by atoms with Gasteiger partial charge in [-0.1, -0.05) is 32.0 Å². The minimum absolute atomic E-state index is 0.237. The number of H-pyrrole nitrogens is 1. The van der Waals surface area contributed by atoms with Crippen molar-refractivity contribution in [2.24, 2.45) is 17.4 Å². The molecule has 11 nitrogen and oxygen atoms in total. The largest absolute Gasteiger partial charge is 0.480 e. The van der Waals surface area contributed by atoms with E-state index in [1.165, 1.54) is 11.8 Å². The van der Waals surface area contributed by atoms with E-state index in [4.69, 9.17) is 11.5 Å². The van der Waals surface area contributed by atoms with Crippen LogP contribution in [0.5, 0.6) is 0 Å². The van der Waals surface area contributed by atoms with E-state index >= 15 is 0 Å². The van der Waals surface area contributed by atoms with Crippen LogP contribution in [0.15, 0.2) is 30.5 Å². The van der Waals surface area contributed by atoms with Crippen molar-refractivity contribution >= 4 is 46.4 Å². The summed E-state index contributed by atoms with van der Waals surface area (Å²) in [5, 5.41) is 18.5. The summed E-state index contributed by atoms with van der Waals surface area (Å²) in [6, 6.07) is 3.84. The predicted octanol–water partition coefficient (Wildman–Crippen LogP) is 1.11. The van der Waals surface area contributed by atoms with Crippen LogP contribution in [0.2, 0.25) is 0 Å². The number of carbonyl (C=O) groups is 4. The number of amides is 3. The number of hydrogen-bond donors (Lipinski definition) is 7. The summed E-state index contributed by atoms with van der Waals surface area (Å²) in [5.41, 5.74) is 13.5. The zero-order valence-electron chi connectivity index (χ0n) is 22.9. The Morgan fingerprint density at radius 2 is 1.67 bits per heavy atom. The number of benzene rings is 1. The van der Waals surface area contributed by atoms with Crippen LogP contribution in [-0.4, -0.2) is 76.5 Å². The van der Waals surface area contributed by atoms with Crippen LogP contribution in [0.3, 0.4) is 0 Å². The fraction of sp³-hybridized carbons (Fsp3) is 0.556. The first-order valence-electron chi connectivity index (χ1n) is 13.2. The van der Waals surface area contributed by atoms with Crippen LogP contribution < -0.4 is 27.4 Å². The van der Waals surface area contributed by atoms with Gasteiger partial charge in [0.25, 0.3) is 0 Å². The summed E-state index contributed by atoms with van der Waals surface area (Å²) >= 11 is 1.50. The summed E-state index contributed by atoms with van der Waals surface area (Å²) in [7, 11) is 0. The molecular weight excluding hydrogens is 520 g/mol. The molecule has 0 saturated heterocycles. The maximum absolute atomic E-state index is 13.3. The minimum atomic E-state index is -1.15. The molecule has 216 valence electrons. The Bertz CT molecular complexity index is 1110. The first-order chi connectivity index (χ1) is 18.6. The number of unbranched alkanes of at least 4 members (excludes halogenated alkanes) is 1. The molecule has 39 heavy (non-hydrogen) atoms. The van der Waals surface area contributed by atoms with E-state index in [1.54, 1.807) is 13.8 Å². The van der Waals surface area contributed by atoms with Crippen LogP contribution in [-0.2, 0) is 25.6 Å². The zero-order valence-corrected chi connectivity index (χ0v) is 23.7. The second kappa shape index (κ2) is 16.1. The number of carboxylic acids is 1. The Labute approximate surface area is 233 Å². The SMILES string of the molecule is CSCCC(NC(=O)C(NC(=O)C(N)Cc1c[nH]c2ccccc12)C(C)C)C(=O)NC(CCCCN)C(=O)O. The Morgan fingerprint density at radius 1 is 0.974 bits per heavy atom. The molecule has 0 bridgehead atoms. The molecule has 2 rings (SSSR count). The minimum Gasteiger partial charge on any atom is -0.480 e. The Hall–Kier alpha value is -3.09. The van der Waals surface area contributed by atoms with Crippen molar-refractivity contribution in [2.45, 2.75) is 70.1 Å². The number of carboxylic acid groups (broad SMARTS) is 1. The van der Waals surface area contributed by atoms with E-state index in [0.29, 0.717) is 31.6 Å². The highest BCUT2D eigenvalue weighted by Crippen LogP contribution is 2.19. The van der Waals surface area contributed by atoms with E-state index in [9.17, 15) is 24.3 Å². The van der Waals surface area contributed by atoms with Crippen LogP contribution in [0, 0.1) is 5.92 Å². The third-order valence-electron chi connectivity index (χ3n) is 6.50. The molecule has 1 aromatic carbocycles. The van der Waals surface area contributed by atoms with Gasteiger partial charge >= 0.3 is 5.97 Å². The number of carbonyl (C=O) groups excluding carboxylic acids is 3. The topological polar surface area (TPSA) is 192 Å². The lowest BCUT2D eigenvalue weighted by Crippen LogP contribution is -2.58. The average molecular weight is 563 g/mol. The number of hydrogen-bond acceptors (Lipinski definition) is 7. The fourth-order valence-corrected chi connectivity index (χ4v) is 4.69. The Balaban J connectivity index is 2.07. The lowest BCUT2D eigenvalue weighted by atomic mass is 10.0. The number of para-hydroxylation sites is 1. The van der Waals surface area contributed by atoms with Crippen molar-refractivity contribution in [3.63, 3.8) is 0 Å². The van der Waals surface area contributed by atoms with Gasteiger partial charge in [0.1, 0.15) is 18.1 Å². The summed E-state index contributed by atoms with van der Waals surface area (Å²) < 4.78 is 0. The van der Waals surface area contributed by atoms with Crippen molar-refractivity contribution in [3.8, 4) is 0 Å². The maximum atomic E-state index is 13.3. The highest BCUT2D eigenvalue weighted by atomic mass is 32.2. The average Bonchev–Trinajstić information content (AvgIpc) is 3.31. The Kier molecular flexibility index (Phi) is 13.3. The molecule has 0 aliphatic heterocycles. The van der Waals surface area contributed by atoms with Gasteiger partial charge < -0.3 is 37.5 Å². The van der Waals surface area contributed by atoms with Crippen molar-refractivity contribution in [3.05, 3.63) is 36.0 Å². The second-order valence-electron chi connectivity index (χ2n) is 9.93. The van der Waals surface area contributed by atoms with Crippen LogP contribution >= 0.6 is 11.8 Å². The van der Waals surface area contributed by atoms with Gasteiger partial charge in [-0.3, -0.25) is 14.4 Å². The van der Waals surface area contributed by atoms with E-state index in [-0.39, 0.29) is 18.8 Å². The standard InChI is InChI=1S/C27H42N6O5S/c1-16(2)23(33-24(34)19(29)14-17-15-30-20-9-5-4-8-18(17)20)26(36)31-21(11-13-39-3)25(35)32-22(27(37)38)10-6-7-12-28/h4-5,8-9,15-16,19,21-23,30H,6-7,10-14,28-29H2,1-3H3,(H,31,36)(H,32,35)(H,33,34)(H,37,38). The zero-order chi connectivity index (χ0) is 28.9. The summed E-state index contributed by atoms with van der Waals surface area (Å²) in [5.74, 6) is -2.47. The molecule has 0 fully saturated rings. The number of aliphatic carboxylic acids is 1. The lowest BCUT2D eigenvalue weighted by Gasteiger charge is -2.27. The first-order valence-corrected chi connectivity index (χ1v) is 14.6. The summed E-state index contributed by atoms with van der Waals surface area (Å²) in [6.45, 7) is 4.00. The second-order valence-corrected chi connectivity index (χ2v) is 10.9. The highest BCUT2D eigenvalue weighted by molar-refractivity contribution is 7.98. The van der Waals surface area contributed by atoms with Crippen LogP contribution in [0.25, 0.3) is 10.9 Å². The highest BCUT2D eigenvalue weighted by Gasteiger charge is 2.31. The van der Waals surface area contributed by atoms with Crippen molar-refractivity contribution in [2.75, 3.05) is 18.6 Å². The molecule has 0 aliphatic carbocycles. The quantitative estimate of drug-likeness (QED) is 0.139. The third-order valence-corrected chi connectivity index (χ3v) is 7.15. The molecular formula is C27H42N6O5S. The van der Waals surface area contributed by atoms with Gasteiger partial charge in [-0.2, -0.15) is 11.8 Å². The number of rotatable bonds is 17. The van der Waals surface area contributed by atoms with E-state index in [2.05, 4.69) is 20.9 Å². The number of fused-ring (bicyclic) bond motifs is 1. The van der Waals surface area contributed by atoms with Crippen molar-refractivity contribution in [1.82, 2.24) is 20.9 Å². The molecule has 1 aromatic heterocycles. The molecule has 4 unspecified atom stereocenters. The smallest absolute Gasteiger partial charge is 0.326 e. The van der Waals surface area contributed by atoms with E-state index in [1.807, 2.05) is 36.7 Å². The summed E-state index contributed by atoms with van der Waals surface area (Å²) in [4.78, 5) is 54.1. The molecule has 3 amide bonds. The van der Waals surface area contributed by atoms with Gasteiger partial charge in [0.2, 0.25) is 17.7 Å². The molecule has 0 aliphatic rings. The number of aromatic nitrogens is 1. The van der Waals surface area contributed by atoms with E-state index < -0.39 is 47.9 Å². The van der Waals surface area contributed by atoms with Gasteiger partial charge in [-0.15, -0.1) is 0 Å². The fourth-order valence-electron chi connectivity index (χ4n) is 4.21. The third kappa shape index (κ3) is 9.86. The van der Waals surface area contributed by atoms with Crippen molar-refractivity contribution < 1.29 is 24.3 Å². The number of nitrogens with one attached hydrogen (secondary N) is 4. The number of thioether (sulfide) groups is 1. The van der Waals surface area contributed by atoms with Gasteiger partial charge in [-0.25, -0.2) is 4.79 Å². The number of nitrogens with two attached hydrogens (primary N) is 2. The van der Waals surface area contributed by atoms with Gasteiger partial charge in [0.15, 0.2) is 0 Å². The van der Waals surface area contributed by atoms with Crippen LogP contribution in [0.4, 0.5) is 0 Å².